The van der Waals surface area contributed by atoms with Gasteiger partial charge in [-0.1, -0.05) is 55.4 Å². The van der Waals surface area contributed by atoms with Crippen LogP contribution in [0.1, 0.15) is 53.9 Å². The van der Waals surface area contributed by atoms with E-state index in [4.69, 9.17) is 9.47 Å². The van der Waals surface area contributed by atoms with E-state index < -0.39 is 23.7 Å². The van der Waals surface area contributed by atoms with E-state index in [2.05, 4.69) is 32.9 Å². The monoisotopic (exact) mass is 495 g/mol. The van der Waals surface area contributed by atoms with Gasteiger partial charge >= 0.3 is 12.1 Å². The summed E-state index contributed by atoms with van der Waals surface area (Å²) in [6, 6.07) is 4.85. The molecule has 36 heavy (non-hydrogen) atoms. The van der Waals surface area contributed by atoms with E-state index in [1.54, 1.807) is 19.1 Å². The van der Waals surface area contributed by atoms with Gasteiger partial charge in [-0.25, -0.2) is 9.59 Å². The van der Waals surface area contributed by atoms with Gasteiger partial charge in [-0.3, -0.25) is 10.1 Å². The van der Waals surface area contributed by atoms with Crippen molar-refractivity contribution >= 4 is 17.8 Å². The van der Waals surface area contributed by atoms with Crippen LogP contribution in [0.15, 0.2) is 82.5 Å². The lowest BCUT2D eigenvalue weighted by atomic mass is 9.72. The molecule has 0 spiro atoms. The maximum absolute atomic E-state index is 11.9. The summed E-state index contributed by atoms with van der Waals surface area (Å²) in [6.45, 7) is 9.80. The predicted molar refractivity (Wildman–Crippen MR) is 138 cm³/mol. The lowest BCUT2D eigenvalue weighted by Gasteiger charge is -2.32. The Balaban J connectivity index is 2.01. The second kappa shape index (κ2) is 12.7. The molecule has 8 nitrogen and oxygen atoms in total. The number of nitrogens with zero attached hydrogens (tertiary/aromatic N) is 1. The van der Waals surface area contributed by atoms with Crippen molar-refractivity contribution in [1.29, 1.82) is 0 Å². The molecule has 0 amide bonds. The summed E-state index contributed by atoms with van der Waals surface area (Å²) >= 11 is 0. The SMILES string of the molecule is CC(C=CC1=C(C)CCCC1(C)C)=CC=CC(C)=C(COC(=O)Oc1ccc([N+](=O)[O-])cc1)C(=O)O. The molecule has 1 aliphatic carbocycles. The summed E-state index contributed by atoms with van der Waals surface area (Å²) in [5.41, 5.74) is 4.13. The third kappa shape index (κ3) is 8.37. The number of carbonyl (C=O) groups excluding carboxylic acids is 1. The van der Waals surface area contributed by atoms with E-state index in [1.807, 2.05) is 13.0 Å². The molecule has 0 bridgehead atoms. The van der Waals surface area contributed by atoms with Crippen LogP contribution in [0.4, 0.5) is 10.5 Å². The van der Waals surface area contributed by atoms with Crippen molar-refractivity contribution in [2.24, 2.45) is 5.41 Å². The van der Waals surface area contributed by atoms with Crippen LogP contribution in [-0.2, 0) is 9.53 Å². The van der Waals surface area contributed by atoms with Crippen molar-refractivity contribution < 1.29 is 29.1 Å². The zero-order chi connectivity index (χ0) is 26.9. The molecule has 0 aromatic heterocycles. The highest BCUT2D eigenvalue weighted by molar-refractivity contribution is 5.88. The highest BCUT2D eigenvalue weighted by Crippen LogP contribution is 2.40. The van der Waals surface area contributed by atoms with E-state index in [0.29, 0.717) is 5.57 Å². The first-order chi connectivity index (χ1) is 16.9. The van der Waals surface area contributed by atoms with Crippen molar-refractivity contribution in [3.05, 3.63) is 92.6 Å². The number of rotatable bonds is 9. The molecule has 1 aromatic rings. The third-order valence-electron chi connectivity index (χ3n) is 6.08. The van der Waals surface area contributed by atoms with Gasteiger partial charge in [0.15, 0.2) is 0 Å². The molecule has 0 aliphatic heterocycles. The molecule has 1 N–H and O–H groups in total. The van der Waals surface area contributed by atoms with Crippen LogP contribution in [0.5, 0.6) is 5.75 Å². The first kappa shape index (κ1) is 28.3. The highest BCUT2D eigenvalue weighted by Gasteiger charge is 2.26. The molecule has 0 fully saturated rings. The highest BCUT2D eigenvalue weighted by atomic mass is 16.7. The van der Waals surface area contributed by atoms with E-state index in [0.717, 1.165) is 18.4 Å². The Kier molecular flexibility index (Phi) is 9.96. The molecule has 0 unspecified atom stereocenters. The van der Waals surface area contributed by atoms with Crippen molar-refractivity contribution in [2.75, 3.05) is 6.61 Å². The van der Waals surface area contributed by atoms with Crippen LogP contribution in [0.25, 0.3) is 0 Å². The Bertz CT molecular complexity index is 1150. The van der Waals surface area contributed by atoms with Crippen LogP contribution in [0.3, 0.4) is 0 Å². The summed E-state index contributed by atoms with van der Waals surface area (Å²) in [5, 5.41) is 20.2. The van der Waals surface area contributed by atoms with Gasteiger partial charge in [-0.05, 0) is 68.7 Å². The largest absolute Gasteiger partial charge is 0.514 e. The normalized spacial score (nSPS) is 16.8. The maximum Gasteiger partial charge on any atom is 0.514 e. The second-order valence-electron chi connectivity index (χ2n) is 9.39. The second-order valence-corrected chi connectivity index (χ2v) is 9.39. The van der Waals surface area contributed by atoms with Gasteiger partial charge in [0, 0.05) is 12.1 Å². The standard InChI is InChI=1S/C28H33NO7/c1-19(11-16-25-21(3)10-7-17-28(25,4)5)8-6-9-20(2)24(26(30)31)18-35-27(32)36-23-14-12-22(13-15-23)29(33)34/h6,8-9,11-16H,7,10,17-18H2,1-5H3,(H,30,31). The molecule has 0 saturated carbocycles. The predicted octanol–water partition coefficient (Wildman–Crippen LogP) is 7.10. The van der Waals surface area contributed by atoms with Crippen LogP contribution >= 0.6 is 0 Å². The van der Waals surface area contributed by atoms with Gasteiger partial charge in [0.2, 0.25) is 0 Å². The molecule has 0 saturated heterocycles. The number of ether oxygens (including phenoxy) is 2. The molecule has 0 atom stereocenters. The quantitative estimate of drug-likeness (QED) is 0.0970. The topological polar surface area (TPSA) is 116 Å². The molecule has 1 aromatic carbocycles. The lowest BCUT2D eigenvalue weighted by Crippen LogP contribution is -2.19. The number of nitro benzene ring substituents is 1. The Morgan fingerprint density at radius 1 is 1.17 bits per heavy atom. The smallest absolute Gasteiger partial charge is 0.478 e. The zero-order valence-corrected chi connectivity index (χ0v) is 21.4. The number of hydrogen-bond donors (Lipinski definition) is 1. The number of carboxylic acids is 1. The Labute approximate surface area is 211 Å². The van der Waals surface area contributed by atoms with Crippen LogP contribution in [0.2, 0.25) is 0 Å². The van der Waals surface area contributed by atoms with Crippen molar-refractivity contribution in [3.8, 4) is 5.75 Å². The fraction of sp³-hybridized carbons (Fsp3) is 0.357. The minimum Gasteiger partial charge on any atom is -0.478 e. The Hall–Kier alpha value is -3.94. The fourth-order valence-electron chi connectivity index (χ4n) is 3.96. The van der Waals surface area contributed by atoms with Gasteiger partial charge in [0.1, 0.15) is 12.4 Å². The molecule has 0 heterocycles. The molecular formula is C28H33NO7. The number of carboxylic acid groups (broad SMARTS) is 1. The van der Waals surface area contributed by atoms with Crippen LogP contribution < -0.4 is 4.74 Å². The number of nitro groups is 1. The Morgan fingerprint density at radius 2 is 1.83 bits per heavy atom. The summed E-state index contributed by atoms with van der Waals surface area (Å²) in [4.78, 5) is 33.7. The van der Waals surface area contributed by atoms with Crippen LogP contribution in [0, 0.1) is 15.5 Å². The van der Waals surface area contributed by atoms with E-state index in [-0.39, 0.29) is 22.4 Å². The van der Waals surface area contributed by atoms with Gasteiger partial charge < -0.3 is 14.6 Å². The summed E-state index contributed by atoms with van der Waals surface area (Å²) in [7, 11) is 0. The van der Waals surface area contributed by atoms with Gasteiger partial charge in [-0.15, -0.1) is 0 Å². The minimum atomic E-state index is -1.22. The number of aliphatic carboxylic acids is 1. The number of non-ortho nitro benzene ring substituents is 1. The van der Waals surface area contributed by atoms with Gasteiger partial charge in [-0.2, -0.15) is 0 Å². The fourth-order valence-corrected chi connectivity index (χ4v) is 3.96. The van der Waals surface area contributed by atoms with Gasteiger partial charge in [0.05, 0.1) is 10.5 Å². The molecular weight excluding hydrogens is 462 g/mol. The van der Waals surface area contributed by atoms with Crippen molar-refractivity contribution in [1.82, 2.24) is 0 Å². The lowest BCUT2D eigenvalue weighted by molar-refractivity contribution is -0.384. The molecule has 8 heteroatoms. The summed E-state index contributed by atoms with van der Waals surface area (Å²) in [6.07, 6.45) is 11.9. The van der Waals surface area contributed by atoms with Crippen molar-refractivity contribution in [3.63, 3.8) is 0 Å². The van der Waals surface area contributed by atoms with Gasteiger partial charge in [0.25, 0.3) is 5.69 Å². The molecule has 0 radical (unpaired) electrons. The summed E-state index contributed by atoms with van der Waals surface area (Å²) in [5.74, 6) is -1.18. The average Bonchev–Trinajstić information content (AvgIpc) is 2.78. The Morgan fingerprint density at radius 3 is 2.42 bits per heavy atom. The molecule has 1 aliphatic rings. The number of benzene rings is 1. The summed E-state index contributed by atoms with van der Waals surface area (Å²) < 4.78 is 9.86. The van der Waals surface area contributed by atoms with Crippen molar-refractivity contribution in [2.45, 2.75) is 53.9 Å². The number of hydrogen-bond acceptors (Lipinski definition) is 6. The first-order valence-electron chi connectivity index (χ1n) is 11.7. The first-order valence-corrected chi connectivity index (χ1v) is 11.7. The molecule has 2 rings (SSSR count). The maximum atomic E-state index is 11.9. The molecule has 192 valence electrons. The van der Waals surface area contributed by atoms with E-state index >= 15 is 0 Å². The number of allylic oxidation sites excluding steroid dienone is 9. The minimum absolute atomic E-state index is 0.0410. The third-order valence-corrected chi connectivity index (χ3v) is 6.08. The van der Waals surface area contributed by atoms with E-state index in [9.17, 15) is 24.8 Å². The zero-order valence-electron chi connectivity index (χ0n) is 21.4. The van der Waals surface area contributed by atoms with E-state index in [1.165, 1.54) is 41.8 Å². The average molecular weight is 496 g/mol. The van der Waals surface area contributed by atoms with Crippen LogP contribution in [-0.4, -0.2) is 28.8 Å². The number of carbonyl (C=O) groups is 2.